The first-order valence-corrected chi connectivity index (χ1v) is 8.24. The van der Waals surface area contributed by atoms with Crippen LogP contribution < -0.4 is 25.4 Å². The Hall–Kier alpha value is -3.22. The summed E-state index contributed by atoms with van der Waals surface area (Å²) in [5.41, 5.74) is 1.57. The predicted molar refractivity (Wildman–Crippen MR) is 97.7 cm³/mol. The minimum atomic E-state index is -0.637. The van der Waals surface area contributed by atoms with Crippen LogP contribution in [0.1, 0.15) is 11.5 Å². The number of carbonyl (C=O) groups excluding carboxylic acids is 2. The number of benzene rings is 2. The van der Waals surface area contributed by atoms with Crippen LogP contribution in [0.25, 0.3) is 0 Å². The van der Waals surface area contributed by atoms with E-state index in [9.17, 15) is 9.59 Å². The summed E-state index contributed by atoms with van der Waals surface area (Å²) in [5, 5.41) is 8.29. The van der Waals surface area contributed by atoms with Gasteiger partial charge in [0.1, 0.15) is 17.5 Å². The molecule has 1 aliphatic rings. The summed E-state index contributed by atoms with van der Waals surface area (Å²) in [4.78, 5) is 24.5. The summed E-state index contributed by atoms with van der Waals surface area (Å²) in [5.74, 6) is 1.10. The average molecular weight is 355 g/mol. The van der Waals surface area contributed by atoms with Crippen molar-refractivity contribution in [2.45, 2.75) is 12.0 Å². The molecule has 2 aromatic rings. The van der Waals surface area contributed by atoms with Crippen LogP contribution in [0, 0.1) is 0 Å². The van der Waals surface area contributed by atoms with Crippen molar-refractivity contribution >= 4 is 17.6 Å². The van der Waals surface area contributed by atoms with E-state index >= 15 is 0 Å². The highest BCUT2D eigenvalue weighted by Crippen LogP contribution is 2.25. The molecule has 0 saturated carbocycles. The highest BCUT2D eigenvalue weighted by molar-refractivity contribution is 5.95. The van der Waals surface area contributed by atoms with E-state index in [0.717, 1.165) is 11.3 Å². The van der Waals surface area contributed by atoms with Gasteiger partial charge in [-0.25, -0.2) is 4.79 Å². The van der Waals surface area contributed by atoms with Gasteiger partial charge in [0.25, 0.3) is 0 Å². The van der Waals surface area contributed by atoms with Crippen molar-refractivity contribution in [1.82, 2.24) is 10.6 Å². The van der Waals surface area contributed by atoms with Gasteiger partial charge in [0.05, 0.1) is 14.2 Å². The molecule has 7 nitrogen and oxygen atoms in total. The number of rotatable bonds is 5. The number of hydrogen-bond acceptors (Lipinski definition) is 4. The standard InChI is InChI=1S/C19H21N3O4/c1-25-14-7-3-12(4-8-14)16-11-20-18(23)17(16)22-19(24)21-13-5-9-15(26-2)10-6-13/h3-10,16-17H,11H2,1-2H3,(H,20,23)(H2,21,22,24)/t16-,17+/m0/s1. The first-order valence-electron chi connectivity index (χ1n) is 8.24. The molecule has 0 radical (unpaired) electrons. The topological polar surface area (TPSA) is 88.7 Å². The SMILES string of the molecule is COc1ccc(NC(=O)N[C@H]2C(=O)NC[C@H]2c2ccc(OC)cc2)cc1. The molecule has 1 heterocycles. The van der Waals surface area contributed by atoms with E-state index in [0.29, 0.717) is 18.0 Å². The summed E-state index contributed by atoms with van der Waals surface area (Å²) in [6.07, 6.45) is 0. The van der Waals surface area contributed by atoms with E-state index in [4.69, 9.17) is 9.47 Å². The molecule has 3 N–H and O–H groups in total. The molecule has 1 saturated heterocycles. The maximum Gasteiger partial charge on any atom is 0.319 e. The molecule has 136 valence electrons. The van der Waals surface area contributed by atoms with Gasteiger partial charge in [-0.15, -0.1) is 0 Å². The fourth-order valence-corrected chi connectivity index (χ4v) is 2.93. The van der Waals surface area contributed by atoms with Crippen molar-refractivity contribution in [2.75, 3.05) is 26.1 Å². The largest absolute Gasteiger partial charge is 0.497 e. The Kier molecular flexibility index (Phi) is 5.26. The molecule has 26 heavy (non-hydrogen) atoms. The summed E-state index contributed by atoms with van der Waals surface area (Å²) in [6, 6.07) is 13.4. The lowest BCUT2D eigenvalue weighted by atomic mass is 9.94. The van der Waals surface area contributed by atoms with Crippen molar-refractivity contribution in [3.05, 3.63) is 54.1 Å². The molecule has 0 spiro atoms. The van der Waals surface area contributed by atoms with Crippen LogP contribution in [0.5, 0.6) is 11.5 Å². The van der Waals surface area contributed by atoms with Gasteiger partial charge in [-0.3, -0.25) is 4.79 Å². The lowest BCUT2D eigenvalue weighted by molar-refractivity contribution is -0.120. The molecule has 2 aromatic carbocycles. The smallest absolute Gasteiger partial charge is 0.319 e. The Morgan fingerprint density at radius 1 is 1.00 bits per heavy atom. The molecular formula is C19H21N3O4. The van der Waals surface area contributed by atoms with Crippen LogP contribution in [-0.4, -0.2) is 38.7 Å². The molecule has 3 rings (SSSR count). The van der Waals surface area contributed by atoms with Crippen LogP contribution >= 0.6 is 0 Å². The second kappa shape index (κ2) is 7.77. The van der Waals surface area contributed by atoms with Crippen LogP contribution in [0.4, 0.5) is 10.5 Å². The quantitative estimate of drug-likeness (QED) is 0.766. The Labute approximate surface area is 151 Å². The van der Waals surface area contributed by atoms with Crippen LogP contribution in [0.15, 0.2) is 48.5 Å². The van der Waals surface area contributed by atoms with E-state index in [-0.39, 0.29) is 11.8 Å². The van der Waals surface area contributed by atoms with E-state index in [2.05, 4.69) is 16.0 Å². The molecular weight excluding hydrogens is 334 g/mol. The predicted octanol–water partition coefficient (Wildman–Crippen LogP) is 2.11. The first kappa shape index (κ1) is 17.6. The number of urea groups is 1. The van der Waals surface area contributed by atoms with Gasteiger partial charge < -0.3 is 25.4 Å². The number of anilines is 1. The van der Waals surface area contributed by atoms with Crippen molar-refractivity contribution in [3.63, 3.8) is 0 Å². The van der Waals surface area contributed by atoms with E-state index in [1.807, 2.05) is 24.3 Å². The Bertz CT molecular complexity index is 774. The molecule has 0 aromatic heterocycles. The monoisotopic (exact) mass is 355 g/mol. The van der Waals surface area contributed by atoms with Gasteiger partial charge in [-0.1, -0.05) is 12.1 Å². The van der Waals surface area contributed by atoms with Gasteiger partial charge >= 0.3 is 6.03 Å². The number of amides is 3. The summed E-state index contributed by atoms with van der Waals surface area (Å²) in [7, 11) is 3.18. The summed E-state index contributed by atoms with van der Waals surface area (Å²) >= 11 is 0. The van der Waals surface area contributed by atoms with E-state index < -0.39 is 12.1 Å². The molecule has 1 aliphatic heterocycles. The Morgan fingerprint density at radius 3 is 2.15 bits per heavy atom. The lowest BCUT2D eigenvalue weighted by Gasteiger charge is -2.19. The fourth-order valence-electron chi connectivity index (χ4n) is 2.93. The van der Waals surface area contributed by atoms with Crippen LogP contribution in [-0.2, 0) is 4.79 Å². The number of nitrogens with one attached hydrogen (secondary N) is 3. The van der Waals surface area contributed by atoms with Crippen LogP contribution in [0.2, 0.25) is 0 Å². The third-order valence-electron chi connectivity index (χ3n) is 4.36. The maximum atomic E-state index is 12.3. The Morgan fingerprint density at radius 2 is 1.58 bits per heavy atom. The third-order valence-corrected chi connectivity index (χ3v) is 4.36. The summed E-state index contributed by atoms with van der Waals surface area (Å²) < 4.78 is 10.2. The molecule has 0 aliphatic carbocycles. The molecule has 7 heteroatoms. The van der Waals surface area contributed by atoms with Gasteiger partial charge in [-0.2, -0.15) is 0 Å². The maximum absolute atomic E-state index is 12.3. The van der Waals surface area contributed by atoms with Crippen molar-refractivity contribution < 1.29 is 19.1 Å². The summed E-state index contributed by atoms with van der Waals surface area (Å²) in [6.45, 7) is 0.471. The van der Waals surface area contributed by atoms with Gasteiger partial charge in [0, 0.05) is 18.2 Å². The normalized spacial score (nSPS) is 18.8. The molecule has 2 atom stereocenters. The molecule has 3 amide bonds. The van der Waals surface area contributed by atoms with Crippen LogP contribution in [0.3, 0.4) is 0 Å². The second-order valence-electron chi connectivity index (χ2n) is 5.93. The molecule has 0 bridgehead atoms. The van der Waals surface area contributed by atoms with Gasteiger partial charge in [0.2, 0.25) is 5.91 Å². The highest BCUT2D eigenvalue weighted by Gasteiger charge is 2.36. The molecule has 1 fully saturated rings. The van der Waals surface area contributed by atoms with E-state index in [1.54, 1.807) is 38.5 Å². The third kappa shape index (κ3) is 3.88. The highest BCUT2D eigenvalue weighted by atomic mass is 16.5. The minimum absolute atomic E-state index is 0.143. The average Bonchev–Trinajstić information content (AvgIpc) is 3.03. The van der Waals surface area contributed by atoms with Crippen molar-refractivity contribution in [3.8, 4) is 11.5 Å². The van der Waals surface area contributed by atoms with Crippen molar-refractivity contribution in [2.24, 2.45) is 0 Å². The number of carbonyl (C=O) groups is 2. The second-order valence-corrected chi connectivity index (χ2v) is 5.93. The van der Waals surface area contributed by atoms with E-state index in [1.165, 1.54) is 0 Å². The first-order chi connectivity index (χ1) is 12.6. The van der Waals surface area contributed by atoms with Gasteiger partial charge in [-0.05, 0) is 42.0 Å². The zero-order chi connectivity index (χ0) is 18.5. The molecule has 0 unspecified atom stereocenters. The fraction of sp³-hybridized carbons (Fsp3) is 0.263. The zero-order valence-electron chi connectivity index (χ0n) is 14.6. The number of hydrogen-bond donors (Lipinski definition) is 3. The minimum Gasteiger partial charge on any atom is -0.497 e. The number of methoxy groups -OCH3 is 2. The lowest BCUT2D eigenvalue weighted by Crippen LogP contribution is -2.44. The Balaban J connectivity index is 1.66. The zero-order valence-corrected chi connectivity index (χ0v) is 14.6. The number of ether oxygens (including phenoxy) is 2. The van der Waals surface area contributed by atoms with Crippen molar-refractivity contribution in [1.29, 1.82) is 0 Å². The van der Waals surface area contributed by atoms with Gasteiger partial charge in [0.15, 0.2) is 0 Å².